The predicted molar refractivity (Wildman–Crippen MR) is 88.6 cm³/mol. The smallest absolute Gasteiger partial charge is 0.305 e. The van der Waals surface area contributed by atoms with Gasteiger partial charge in [0.2, 0.25) is 0 Å². The van der Waals surface area contributed by atoms with Crippen molar-refractivity contribution in [1.29, 1.82) is 0 Å². The lowest BCUT2D eigenvalue weighted by molar-refractivity contribution is -0.143. The van der Waals surface area contributed by atoms with Crippen LogP contribution >= 0.6 is 11.8 Å². The van der Waals surface area contributed by atoms with E-state index in [1.807, 2.05) is 37.3 Å². The molecule has 0 saturated heterocycles. The summed E-state index contributed by atoms with van der Waals surface area (Å²) in [7, 11) is 0. The van der Waals surface area contributed by atoms with Crippen LogP contribution < -0.4 is 0 Å². The molecule has 1 N–H and O–H groups in total. The Balaban J connectivity index is 2.67. The van der Waals surface area contributed by atoms with Crippen LogP contribution in [0.4, 0.5) is 0 Å². The van der Waals surface area contributed by atoms with Crippen LogP contribution in [0.3, 0.4) is 0 Å². The van der Waals surface area contributed by atoms with Gasteiger partial charge >= 0.3 is 5.97 Å². The Morgan fingerprint density at radius 2 is 1.91 bits per heavy atom. The number of hydrogen-bond donors (Lipinski definition) is 1. The van der Waals surface area contributed by atoms with E-state index in [2.05, 4.69) is 0 Å². The number of ether oxygens (including phenoxy) is 1. The van der Waals surface area contributed by atoms with Crippen molar-refractivity contribution < 1.29 is 19.4 Å². The summed E-state index contributed by atoms with van der Waals surface area (Å²) in [5.74, 6) is -0.212. The van der Waals surface area contributed by atoms with Crippen LogP contribution in [0.2, 0.25) is 0 Å². The normalized spacial score (nSPS) is 13.4. The molecule has 0 aromatic heterocycles. The molecule has 4 nitrogen and oxygen atoms in total. The van der Waals surface area contributed by atoms with E-state index in [1.165, 1.54) is 11.8 Å². The average Bonchev–Trinajstić information content (AvgIpc) is 2.49. The third-order valence-electron chi connectivity index (χ3n) is 3.31. The first kappa shape index (κ1) is 18.7. The summed E-state index contributed by atoms with van der Waals surface area (Å²) < 4.78 is 4.89. The Morgan fingerprint density at radius 1 is 1.23 bits per heavy atom. The number of hydrogen-bond acceptors (Lipinski definition) is 5. The van der Waals surface area contributed by atoms with Crippen molar-refractivity contribution in [3.63, 3.8) is 0 Å². The highest BCUT2D eigenvalue weighted by Crippen LogP contribution is 2.23. The van der Waals surface area contributed by atoms with Gasteiger partial charge in [0, 0.05) is 6.42 Å². The van der Waals surface area contributed by atoms with E-state index in [-0.39, 0.29) is 17.5 Å². The lowest BCUT2D eigenvalue weighted by Gasteiger charge is -2.21. The number of carbonyl (C=O) groups is 2. The zero-order valence-corrected chi connectivity index (χ0v) is 14.0. The van der Waals surface area contributed by atoms with E-state index < -0.39 is 12.0 Å². The monoisotopic (exact) mass is 324 g/mol. The molecule has 0 aliphatic carbocycles. The summed E-state index contributed by atoms with van der Waals surface area (Å²) in [4.78, 5) is 23.7. The van der Waals surface area contributed by atoms with Crippen LogP contribution in [-0.2, 0) is 20.7 Å². The van der Waals surface area contributed by atoms with E-state index in [9.17, 15) is 14.7 Å². The number of carbonyl (C=O) groups excluding carboxylic acids is 2. The fraction of sp³-hybridized carbons (Fsp3) is 0.529. The van der Waals surface area contributed by atoms with Gasteiger partial charge in [0.15, 0.2) is 5.12 Å². The Bertz CT molecular complexity index is 461. The van der Waals surface area contributed by atoms with Crippen LogP contribution in [-0.4, -0.2) is 34.7 Å². The van der Waals surface area contributed by atoms with Gasteiger partial charge in [-0.2, -0.15) is 0 Å². The molecule has 0 fully saturated rings. The maximum absolute atomic E-state index is 12.2. The molecule has 0 aliphatic rings. The second-order valence-electron chi connectivity index (χ2n) is 4.96. The van der Waals surface area contributed by atoms with Gasteiger partial charge < -0.3 is 9.84 Å². The summed E-state index contributed by atoms with van der Waals surface area (Å²) in [5.41, 5.74) is 0.977. The fourth-order valence-electron chi connectivity index (χ4n) is 2.22. The van der Waals surface area contributed by atoms with E-state index in [4.69, 9.17) is 4.74 Å². The maximum Gasteiger partial charge on any atom is 0.305 e. The number of rotatable bonds is 9. The van der Waals surface area contributed by atoms with Gasteiger partial charge in [-0.3, -0.25) is 9.59 Å². The molecular formula is C17H24O4S. The van der Waals surface area contributed by atoms with Crippen molar-refractivity contribution in [3.05, 3.63) is 35.9 Å². The van der Waals surface area contributed by atoms with Crippen LogP contribution in [0.15, 0.2) is 30.3 Å². The highest BCUT2D eigenvalue weighted by atomic mass is 32.2. The van der Waals surface area contributed by atoms with E-state index in [1.54, 1.807) is 6.92 Å². The van der Waals surface area contributed by atoms with Crippen molar-refractivity contribution in [2.24, 2.45) is 5.92 Å². The quantitative estimate of drug-likeness (QED) is 0.708. The third kappa shape index (κ3) is 6.62. The molecule has 1 aromatic carbocycles. The van der Waals surface area contributed by atoms with E-state index in [0.29, 0.717) is 25.2 Å². The van der Waals surface area contributed by atoms with Gasteiger partial charge in [-0.25, -0.2) is 0 Å². The predicted octanol–water partition coefficient (Wildman–Crippen LogP) is 2.83. The average molecular weight is 324 g/mol. The first-order chi connectivity index (χ1) is 10.6. The van der Waals surface area contributed by atoms with Gasteiger partial charge in [0.25, 0.3) is 0 Å². The Labute approximate surface area is 136 Å². The zero-order chi connectivity index (χ0) is 16.4. The number of benzene rings is 1. The summed E-state index contributed by atoms with van der Waals surface area (Å²) in [6.45, 7) is 3.97. The Morgan fingerprint density at radius 3 is 2.50 bits per heavy atom. The van der Waals surface area contributed by atoms with Crippen molar-refractivity contribution in [1.82, 2.24) is 0 Å². The second-order valence-corrected chi connectivity index (χ2v) is 6.23. The molecule has 0 saturated carbocycles. The van der Waals surface area contributed by atoms with Gasteiger partial charge in [-0.1, -0.05) is 49.0 Å². The van der Waals surface area contributed by atoms with Crippen LogP contribution in [0.25, 0.3) is 0 Å². The molecule has 0 bridgehead atoms. The topological polar surface area (TPSA) is 63.6 Å². The zero-order valence-electron chi connectivity index (χ0n) is 13.2. The standard InChI is InChI=1S/C17H24O4S/c1-3-21-16(19)11-10-14(17(20)22-4-2)15(18)12-13-8-6-5-7-9-13/h5-9,14-15,18H,3-4,10-12H2,1-2H3/t14-,15-/m1/s1. The summed E-state index contributed by atoms with van der Waals surface area (Å²) >= 11 is 1.19. The van der Waals surface area contributed by atoms with Gasteiger partial charge in [0.05, 0.1) is 18.6 Å². The van der Waals surface area contributed by atoms with Crippen LogP contribution in [0.5, 0.6) is 0 Å². The minimum Gasteiger partial charge on any atom is -0.466 e. The Kier molecular flexibility index (Phi) is 8.85. The van der Waals surface area contributed by atoms with E-state index in [0.717, 1.165) is 5.56 Å². The van der Waals surface area contributed by atoms with Crippen molar-refractivity contribution in [2.45, 2.75) is 39.2 Å². The molecule has 0 unspecified atom stereocenters. The molecule has 1 aromatic rings. The lowest BCUT2D eigenvalue weighted by atomic mass is 9.93. The SMILES string of the molecule is CCOC(=O)CC[C@@H](C(=O)SCC)[C@H](O)Cc1ccccc1. The fourth-order valence-corrected chi connectivity index (χ4v) is 2.99. The van der Waals surface area contributed by atoms with E-state index >= 15 is 0 Å². The molecule has 5 heteroatoms. The molecule has 0 spiro atoms. The highest BCUT2D eigenvalue weighted by Gasteiger charge is 2.27. The molecule has 1 rings (SSSR count). The first-order valence-corrected chi connectivity index (χ1v) is 8.61. The number of aliphatic hydroxyl groups is 1. The summed E-state index contributed by atoms with van der Waals surface area (Å²) in [6, 6.07) is 9.55. The molecule has 122 valence electrons. The largest absolute Gasteiger partial charge is 0.466 e. The second kappa shape index (κ2) is 10.4. The highest BCUT2D eigenvalue weighted by molar-refractivity contribution is 8.13. The number of aliphatic hydroxyl groups excluding tert-OH is 1. The van der Waals surface area contributed by atoms with Crippen molar-refractivity contribution in [2.75, 3.05) is 12.4 Å². The molecule has 0 amide bonds. The molecule has 22 heavy (non-hydrogen) atoms. The maximum atomic E-state index is 12.2. The van der Waals surface area contributed by atoms with Gasteiger partial charge in [0.1, 0.15) is 0 Å². The van der Waals surface area contributed by atoms with Gasteiger partial charge in [-0.05, 0) is 31.1 Å². The Hall–Kier alpha value is -1.33. The number of thioether (sulfide) groups is 1. The van der Waals surface area contributed by atoms with Gasteiger partial charge in [-0.15, -0.1) is 0 Å². The molecule has 0 radical (unpaired) electrons. The minimum atomic E-state index is -0.789. The molecule has 0 aliphatic heterocycles. The first-order valence-electron chi connectivity index (χ1n) is 7.62. The molecule has 0 heterocycles. The van der Waals surface area contributed by atoms with Crippen molar-refractivity contribution >= 4 is 22.8 Å². The van der Waals surface area contributed by atoms with Crippen molar-refractivity contribution in [3.8, 4) is 0 Å². The van der Waals surface area contributed by atoms with Crippen LogP contribution in [0, 0.1) is 5.92 Å². The third-order valence-corrected chi connectivity index (χ3v) is 4.18. The lowest BCUT2D eigenvalue weighted by Crippen LogP contribution is -2.29. The minimum absolute atomic E-state index is 0.0600. The number of esters is 1. The molecule has 2 atom stereocenters. The molecular weight excluding hydrogens is 300 g/mol. The van der Waals surface area contributed by atoms with Crippen LogP contribution in [0.1, 0.15) is 32.3 Å². The summed E-state index contributed by atoms with van der Waals surface area (Å²) in [6.07, 6.45) is 0.0898. The summed E-state index contributed by atoms with van der Waals surface area (Å²) in [5, 5.41) is 10.4.